The number of carbonyl (C=O) groups excluding carboxylic acids is 1. The van der Waals surface area contributed by atoms with Crippen LogP contribution in [-0.4, -0.2) is 87.5 Å². The molecular formula is C83H149NO8. The minimum Gasteiger partial charge on any atom is -0.394 e. The summed E-state index contributed by atoms with van der Waals surface area (Å²) in [5.41, 5.74) is 0. The zero-order chi connectivity index (χ0) is 66.4. The highest BCUT2D eigenvalue weighted by atomic mass is 16.7. The van der Waals surface area contributed by atoms with Crippen LogP contribution < -0.4 is 5.32 Å². The van der Waals surface area contributed by atoms with Crippen LogP contribution in [0.5, 0.6) is 0 Å². The van der Waals surface area contributed by atoms with Crippen LogP contribution in [0, 0.1) is 0 Å². The highest BCUT2D eigenvalue weighted by Gasteiger charge is 2.44. The maximum atomic E-state index is 13.2. The Bertz CT molecular complexity index is 1780. The van der Waals surface area contributed by atoms with E-state index in [0.717, 1.165) is 77.0 Å². The quantitative estimate of drug-likeness (QED) is 0.0261. The fourth-order valence-electron chi connectivity index (χ4n) is 12.3. The summed E-state index contributed by atoms with van der Waals surface area (Å²) in [4.78, 5) is 13.2. The summed E-state index contributed by atoms with van der Waals surface area (Å²) in [6.07, 6.45) is 96.9. The van der Waals surface area contributed by atoms with Crippen molar-refractivity contribution in [3.05, 3.63) is 97.2 Å². The lowest BCUT2D eigenvalue weighted by atomic mass is 9.99. The molecule has 1 fully saturated rings. The fourth-order valence-corrected chi connectivity index (χ4v) is 12.3. The number of amides is 1. The van der Waals surface area contributed by atoms with E-state index in [2.05, 4.69) is 104 Å². The molecule has 1 saturated heterocycles. The predicted octanol–water partition coefficient (Wildman–Crippen LogP) is 22.6. The number of ether oxygens (including phenoxy) is 2. The van der Waals surface area contributed by atoms with Crippen molar-refractivity contribution in [2.24, 2.45) is 0 Å². The van der Waals surface area contributed by atoms with Gasteiger partial charge in [0.05, 0.1) is 25.4 Å². The fraction of sp³-hybridized carbons (Fsp3) is 0.795. The van der Waals surface area contributed by atoms with Crippen molar-refractivity contribution in [3.63, 3.8) is 0 Å². The van der Waals surface area contributed by atoms with E-state index < -0.39 is 49.5 Å². The first-order valence-corrected chi connectivity index (χ1v) is 39.5. The number of nitrogens with one attached hydrogen (secondary N) is 1. The zero-order valence-corrected chi connectivity index (χ0v) is 60.0. The van der Waals surface area contributed by atoms with Crippen LogP contribution in [0.1, 0.15) is 367 Å². The van der Waals surface area contributed by atoms with Gasteiger partial charge in [-0.2, -0.15) is 0 Å². The van der Waals surface area contributed by atoms with Crippen LogP contribution in [0.3, 0.4) is 0 Å². The number of hydrogen-bond donors (Lipinski definition) is 6. The lowest BCUT2D eigenvalue weighted by molar-refractivity contribution is -0.302. The molecule has 9 nitrogen and oxygen atoms in total. The van der Waals surface area contributed by atoms with E-state index in [-0.39, 0.29) is 12.5 Å². The Balaban J connectivity index is 2.09. The first-order valence-electron chi connectivity index (χ1n) is 39.5. The van der Waals surface area contributed by atoms with Crippen LogP contribution in [-0.2, 0) is 14.3 Å². The highest BCUT2D eigenvalue weighted by molar-refractivity contribution is 5.76. The summed E-state index contributed by atoms with van der Waals surface area (Å²) in [5, 5.41) is 54.9. The molecule has 534 valence electrons. The second kappa shape index (κ2) is 70.9. The summed E-state index contributed by atoms with van der Waals surface area (Å²) in [6, 6.07) is -0.827. The number of carbonyl (C=O) groups is 1. The average molecular weight is 1290 g/mol. The molecule has 0 radical (unpaired) electrons. The van der Waals surface area contributed by atoms with Crippen LogP contribution >= 0.6 is 0 Å². The first kappa shape index (κ1) is 87.1. The number of allylic oxidation sites excluding steroid dienone is 15. The molecule has 0 aromatic rings. The Hall–Kier alpha value is -2.89. The van der Waals surface area contributed by atoms with E-state index in [1.165, 1.54) is 270 Å². The van der Waals surface area contributed by atoms with Gasteiger partial charge in [0.1, 0.15) is 24.4 Å². The normalized spacial score (nSPS) is 18.2. The molecule has 1 amide bonds. The van der Waals surface area contributed by atoms with Gasteiger partial charge in [-0.1, -0.05) is 374 Å². The molecule has 92 heavy (non-hydrogen) atoms. The predicted molar refractivity (Wildman–Crippen MR) is 396 cm³/mol. The molecule has 1 heterocycles. The minimum absolute atomic E-state index is 0.182. The average Bonchev–Trinajstić information content (AvgIpc) is 1.45. The molecule has 1 aliphatic heterocycles. The van der Waals surface area contributed by atoms with Crippen molar-refractivity contribution in [1.29, 1.82) is 0 Å². The number of rotatable bonds is 69. The van der Waals surface area contributed by atoms with Crippen molar-refractivity contribution < 1.29 is 39.8 Å². The van der Waals surface area contributed by atoms with Gasteiger partial charge in [-0.25, -0.2) is 0 Å². The van der Waals surface area contributed by atoms with Gasteiger partial charge in [0.15, 0.2) is 6.29 Å². The Labute approximate surface area is 568 Å². The van der Waals surface area contributed by atoms with Gasteiger partial charge >= 0.3 is 0 Å². The lowest BCUT2D eigenvalue weighted by Crippen LogP contribution is -2.60. The molecule has 7 unspecified atom stereocenters. The van der Waals surface area contributed by atoms with Crippen molar-refractivity contribution >= 4 is 5.91 Å². The van der Waals surface area contributed by atoms with Gasteiger partial charge in [0.25, 0.3) is 0 Å². The largest absolute Gasteiger partial charge is 0.394 e. The zero-order valence-electron chi connectivity index (χ0n) is 60.0. The number of aliphatic hydroxyl groups is 5. The summed E-state index contributed by atoms with van der Waals surface area (Å²) in [7, 11) is 0. The van der Waals surface area contributed by atoms with Crippen molar-refractivity contribution in [3.8, 4) is 0 Å². The molecule has 0 spiro atoms. The third-order valence-electron chi connectivity index (χ3n) is 18.4. The Morgan fingerprint density at radius 1 is 0.380 bits per heavy atom. The molecule has 7 atom stereocenters. The van der Waals surface area contributed by atoms with E-state index in [0.29, 0.717) is 6.42 Å². The first-order chi connectivity index (χ1) is 45.3. The molecule has 1 rings (SSSR count). The second-order valence-electron chi connectivity index (χ2n) is 27.1. The molecule has 1 aliphatic rings. The Morgan fingerprint density at radius 3 is 1.04 bits per heavy atom. The van der Waals surface area contributed by atoms with E-state index >= 15 is 0 Å². The van der Waals surface area contributed by atoms with Crippen molar-refractivity contribution in [2.45, 2.75) is 410 Å². The molecule has 0 aromatic heterocycles. The van der Waals surface area contributed by atoms with E-state index in [1.54, 1.807) is 6.08 Å². The van der Waals surface area contributed by atoms with Gasteiger partial charge in [0.2, 0.25) is 5.91 Å². The van der Waals surface area contributed by atoms with Crippen LogP contribution in [0.15, 0.2) is 97.2 Å². The summed E-state index contributed by atoms with van der Waals surface area (Å²) < 4.78 is 11.3. The Kier molecular flexibility index (Phi) is 67.1. The Morgan fingerprint density at radius 2 is 0.685 bits per heavy atom. The van der Waals surface area contributed by atoms with E-state index in [4.69, 9.17) is 9.47 Å². The monoisotopic (exact) mass is 1290 g/mol. The maximum Gasteiger partial charge on any atom is 0.220 e. The molecule has 0 bridgehead atoms. The molecular weight excluding hydrogens is 1140 g/mol. The SMILES string of the molecule is CC/C=C\C/C=C\C/C=C\C/C=C\C/C=C\C/C=C\CCCCCCCCCCCCCCCCCCCCCCC(=O)NC(COC1OC(CO)C(O)C(O)C1O)C(O)/C=C/CC/C=C/CCCCCCCCCCCCCCCCCCCCCCCCCC. The van der Waals surface area contributed by atoms with Crippen molar-refractivity contribution in [1.82, 2.24) is 5.32 Å². The lowest BCUT2D eigenvalue weighted by Gasteiger charge is -2.40. The highest BCUT2D eigenvalue weighted by Crippen LogP contribution is 2.24. The second-order valence-corrected chi connectivity index (χ2v) is 27.1. The number of aliphatic hydroxyl groups excluding tert-OH is 5. The van der Waals surface area contributed by atoms with Gasteiger partial charge in [0, 0.05) is 6.42 Å². The number of unbranched alkanes of at least 4 members (excludes halogenated alkanes) is 45. The van der Waals surface area contributed by atoms with Crippen LogP contribution in [0.25, 0.3) is 0 Å². The molecule has 0 aliphatic carbocycles. The van der Waals surface area contributed by atoms with Gasteiger partial charge in [-0.05, 0) is 83.5 Å². The molecule has 9 heteroatoms. The van der Waals surface area contributed by atoms with Gasteiger partial charge in [-0.15, -0.1) is 0 Å². The maximum absolute atomic E-state index is 13.2. The van der Waals surface area contributed by atoms with Crippen LogP contribution in [0.4, 0.5) is 0 Å². The van der Waals surface area contributed by atoms with Gasteiger partial charge in [-0.3, -0.25) is 4.79 Å². The van der Waals surface area contributed by atoms with E-state index in [9.17, 15) is 30.3 Å². The standard InChI is InChI=1S/C83H149NO8/c1-3-5-7-9-11-13-15-17-19-21-23-25-27-29-31-33-35-36-37-38-39-40-41-42-43-45-47-49-51-53-55-57-59-61-63-65-67-69-71-73-79(87)84-76(75-91-83-82(90)81(89)80(88)78(74-85)92-83)77(86)72-70-68-66-64-62-60-58-56-54-52-50-48-46-44-34-32-30-28-26-24-22-20-18-16-14-12-10-8-6-4-2/h5,7,11,13,17,19,23,25,29,31,35-36,62,64,70,72,76-78,80-83,85-86,88-90H,3-4,6,8-10,12,14-16,18,20-22,24,26-28,30,32-34,37-61,63,65-69,71,73-75H2,1-2H3,(H,84,87)/b7-5-,13-11-,19-17-,25-23-,31-29-,36-35-,64-62+,72-70+. The third kappa shape index (κ3) is 58.5. The molecule has 0 saturated carbocycles. The topological polar surface area (TPSA) is 149 Å². The smallest absolute Gasteiger partial charge is 0.220 e. The van der Waals surface area contributed by atoms with Crippen molar-refractivity contribution in [2.75, 3.05) is 13.2 Å². The summed E-state index contributed by atoms with van der Waals surface area (Å²) >= 11 is 0. The summed E-state index contributed by atoms with van der Waals surface area (Å²) in [5.74, 6) is -0.182. The molecule has 6 N–H and O–H groups in total. The number of hydrogen-bond acceptors (Lipinski definition) is 8. The summed E-state index contributed by atoms with van der Waals surface area (Å²) in [6.45, 7) is 3.69. The molecule has 0 aromatic carbocycles. The third-order valence-corrected chi connectivity index (χ3v) is 18.4. The minimum atomic E-state index is -1.58. The van der Waals surface area contributed by atoms with Gasteiger partial charge < -0.3 is 40.3 Å². The van der Waals surface area contributed by atoms with Crippen LogP contribution in [0.2, 0.25) is 0 Å². The van der Waals surface area contributed by atoms with E-state index in [1.807, 2.05) is 6.08 Å².